The topological polar surface area (TPSA) is 91.2 Å². The molecule has 0 spiro atoms. The first-order valence-electron chi connectivity index (χ1n) is 7.96. The van der Waals surface area contributed by atoms with Crippen LogP contribution in [0.3, 0.4) is 0 Å². The molecule has 6 heteroatoms. The molecular formula is C20H19N3O3. The van der Waals surface area contributed by atoms with Crippen molar-refractivity contribution in [2.75, 3.05) is 12.4 Å². The Morgan fingerprint density at radius 1 is 1.19 bits per heavy atom. The monoisotopic (exact) mass is 349 g/mol. The van der Waals surface area contributed by atoms with Gasteiger partial charge in [-0.3, -0.25) is 9.59 Å². The Bertz CT molecular complexity index is 836. The Balaban J connectivity index is 1.84. The van der Waals surface area contributed by atoms with Crippen molar-refractivity contribution in [3.05, 3.63) is 65.7 Å². The van der Waals surface area contributed by atoms with E-state index in [1.165, 1.54) is 6.08 Å². The van der Waals surface area contributed by atoms with Gasteiger partial charge >= 0.3 is 0 Å². The number of carbonyl (C=O) groups excluding carboxylic acids is 2. The molecular weight excluding hydrogens is 330 g/mol. The lowest BCUT2D eigenvalue weighted by Crippen LogP contribution is -2.20. The number of ether oxygens (including phenoxy) is 1. The fraction of sp³-hybridized carbons (Fsp3) is 0.150. The van der Waals surface area contributed by atoms with E-state index in [9.17, 15) is 9.59 Å². The van der Waals surface area contributed by atoms with E-state index in [1.54, 1.807) is 43.5 Å². The number of nitriles is 1. The van der Waals surface area contributed by atoms with E-state index < -0.39 is 0 Å². The molecule has 0 saturated carbocycles. The van der Waals surface area contributed by atoms with Gasteiger partial charge in [-0.1, -0.05) is 24.3 Å². The highest BCUT2D eigenvalue weighted by Gasteiger charge is 2.02. The van der Waals surface area contributed by atoms with Crippen LogP contribution in [0.25, 0.3) is 6.08 Å². The van der Waals surface area contributed by atoms with Crippen molar-refractivity contribution in [3.63, 3.8) is 0 Å². The maximum atomic E-state index is 11.9. The Hall–Kier alpha value is -3.59. The van der Waals surface area contributed by atoms with Gasteiger partial charge in [0, 0.05) is 18.3 Å². The van der Waals surface area contributed by atoms with Crippen molar-refractivity contribution in [2.24, 2.45) is 0 Å². The van der Waals surface area contributed by atoms with Gasteiger partial charge in [-0.15, -0.1) is 0 Å². The van der Waals surface area contributed by atoms with Crippen LogP contribution in [0.2, 0.25) is 0 Å². The van der Waals surface area contributed by atoms with Crippen LogP contribution < -0.4 is 15.4 Å². The van der Waals surface area contributed by atoms with E-state index in [2.05, 4.69) is 10.6 Å². The number of anilines is 1. The van der Waals surface area contributed by atoms with Crippen molar-refractivity contribution in [3.8, 4) is 11.8 Å². The van der Waals surface area contributed by atoms with Gasteiger partial charge < -0.3 is 15.4 Å². The highest BCUT2D eigenvalue weighted by atomic mass is 16.5. The normalized spacial score (nSPS) is 10.2. The van der Waals surface area contributed by atoms with Crippen LogP contribution in [0.1, 0.15) is 17.5 Å². The fourth-order valence-corrected chi connectivity index (χ4v) is 2.15. The summed E-state index contributed by atoms with van der Waals surface area (Å²) in [5.41, 5.74) is 2.38. The van der Waals surface area contributed by atoms with Gasteiger partial charge in [0.1, 0.15) is 12.2 Å². The summed E-state index contributed by atoms with van der Waals surface area (Å²) in [6.07, 6.45) is 2.99. The van der Waals surface area contributed by atoms with Crippen LogP contribution in [0.15, 0.2) is 54.6 Å². The first-order valence-corrected chi connectivity index (χ1v) is 7.96. The van der Waals surface area contributed by atoms with Crippen LogP contribution >= 0.6 is 0 Å². The van der Waals surface area contributed by atoms with E-state index in [-0.39, 0.29) is 18.2 Å². The van der Waals surface area contributed by atoms with Gasteiger partial charge in [-0.05, 0) is 41.5 Å². The average Bonchev–Trinajstić information content (AvgIpc) is 2.66. The number of rotatable bonds is 7. The van der Waals surface area contributed by atoms with Gasteiger partial charge in [-0.2, -0.15) is 5.26 Å². The van der Waals surface area contributed by atoms with Crippen LogP contribution in [0, 0.1) is 11.3 Å². The quantitative estimate of drug-likeness (QED) is 0.752. The Kier molecular flexibility index (Phi) is 6.95. The number of methoxy groups -OCH3 is 1. The second-order valence-corrected chi connectivity index (χ2v) is 5.41. The Morgan fingerprint density at radius 3 is 2.65 bits per heavy atom. The highest BCUT2D eigenvalue weighted by molar-refractivity contribution is 5.92. The minimum atomic E-state index is -0.351. The highest BCUT2D eigenvalue weighted by Crippen LogP contribution is 2.13. The third-order valence-corrected chi connectivity index (χ3v) is 3.47. The predicted molar refractivity (Wildman–Crippen MR) is 99.2 cm³/mol. The maximum absolute atomic E-state index is 11.9. The molecule has 0 atom stereocenters. The lowest BCUT2D eigenvalue weighted by molar-refractivity contribution is -0.117. The summed E-state index contributed by atoms with van der Waals surface area (Å²) in [6.45, 7) is 0.369. The average molecular weight is 349 g/mol. The van der Waals surface area contributed by atoms with Crippen LogP contribution in [-0.4, -0.2) is 18.9 Å². The molecule has 2 amide bonds. The van der Waals surface area contributed by atoms with Gasteiger partial charge in [0.2, 0.25) is 11.8 Å². The maximum Gasteiger partial charge on any atom is 0.244 e. The summed E-state index contributed by atoms with van der Waals surface area (Å²) >= 11 is 0. The molecule has 0 aliphatic heterocycles. The predicted octanol–water partition coefficient (Wildman–Crippen LogP) is 2.88. The second-order valence-electron chi connectivity index (χ2n) is 5.41. The van der Waals surface area contributed by atoms with Gasteiger partial charge in [-0.25, -0.2) is 0 Å². The third-order valence-electron chi connectivity index (χ3n) is 3.47. The molecule has 0 aromatic heterocycles. The van der Waals surface area contributed by atoms with Crippen molar-refractivity contribution in [2.45, 2.75) is 13.0 Å². The van der Waals surface area contributed by atoms with Gasteiger partial charge in [0.15, 0.2) is 0 Å². The molecule has 6 nitrogen and oxygen atoms in total. The zero-order chi connectivity index (χ0) is 18.8. The van der Waals surface area contributed by atoms with Crippen molar-refractivity contribution >= 4 is 23.6 Å². The summed E-state index contributed by atoms with van der Waals surface area (Å²) in [5.74, 6) is 0.171. The number of amides is 2. The molecule has 0 unspecified atom stereocenters. The smallest absolute Gasteiger partial charge is 0.244 e. The summed E-state index contributed by atoms with van der Waals surface area (Å²) < 4.78 is 5.14. The zero-order valence-electron chi connectivity index (χ0n) is 14.4. The molecule has 26 heavy (non-hydrogen) atoms. The number of nitrogens with one attached hydrogen (secondary N) is 2. The second kappa shape index (κ2) is 9.64. The summed E-state index contributed by atoms with van der Waals surface area (Å²) in [6, 6.07) is 16.2. The first kappa shape index (κ1) is 18.7. The number of hydrogen-bond acceptors (Lipinski definition) is 4. The minimum absolute atomic E-state index is 0.183. The molecule has 0 saturated heterocycles. The summed E-state index contributed by atoms with van der Waals surface area (Å²) in [7, 11) is 1.59. The van der Waals surface area contributed by atoms with E-state index >= 15 is 0 Å². The summed E-state index contributed by atoms with van der Waals surface area (Å²) in [5, 5.41) is 13.9. The number of benzene rings is 2. The fourth-order valence-electron chi connectivity index (χ4n) is 2.15. The number of hydrogen-bond donors (Lipinski definition) is 2. The molecule has 132 valence electrons. The molecule has 0 fully saturated rings. The molecule has 2 rings (SSSR count). The standard InChI is InChI=1S/C20H19N3O3/c1-26-18-4-2-3-15(13-18)7-10-19(24)22-14-16-5-8-17(9-6-16)23-20(25)11-12-21/h2-10,13H,11,14H2,1H3,(H,22,24)(H,23,25)/b10-7+. The number of nitrogens with zero attached hydrogens (tertiary/aromatic N) is 1. The zero-order valence-corrected chi connectivity index (χ0v) is 14.4. The van der Waals surface area contributed by atoms with E-state index in [1.807, 2.05) is 24.3 Å². The van der Waals surface area contributed by atoms with Crippen molar-refractivity contribution in [1.82, 2.24) is 5.32 Å². The third kappa shape index (κ3) is 6.13. The molecule has 0 radical (unpaired) electrons. The van der Waals surface area contributed by atoms with Crippen molar-refractivity contribution in [1.29, 1.82) is 5.26 Å². The Labute approximate surface area is 152 Å². The van der Waals surface area contributed by atoms with E-state index in [4.69, 9.17) is 10.00 Å². The van der Waals surface area contributed by atoms with Crippen LogP contribution in [0.4, 0.5) is 5.69 Å². The van der Waals surface area contributed by atoms with Crippen LogP contribution in [0.5, 0.6) is 5.75 Å². The SMILES string of the molecule is COc1cccc(/C=C/C(=O)NCc2ccc(NC(=O)CC#N)cc2)c1. The van der Waals surface area contributed by atoms with Gasteiger partial charge in [0.05, 0.1) is 13.2 Å². The van der Waals surface area contributed by atoms with Crippen LogP contribution in [-0.2, 0) is 16.1 Å². The molecule has 0 heterocycles. The first-order chi connectivity index (χ1) is 12.6. The molecule has 0 aliphatic carbocycles. The number of carbonyl (C=O) groups is 2. The molecule has 2 aromatic carbocycles. The molecule has 2 aromatic rings. The van der Waals surface area contributed by atoms with E-state index in [0.29, 0.717) is 12.2 Å². The Morgan fingerprint density at radius 2 is 1.96 bits per heavy atom. The molecule has 2 N–H and O–H groups in total. The lowest BCUT2D eigenvalue weighted by Gasteiger charge is -2.06. The van der Waals surface area contributed by atoms with E-state index in [0.717, 1.165) is 16.9 Å². The lowest BCUT2D eigenvalue weighted by atomic mass is 10.2. The molecule has 0 bridgehead atoms. The largest absolute Gasteiger partial charge is 0.497 e. The van der Waals surface area contributed by atoms with Crippen molar-refractivity contribution < 1.29 is 14.3 Å². The van der Waals surface area contributed by atoms with Gasteiger partial charge in [0.25, 0.3) is 0 Å². The molecule has 0 aliphatic rings. The minimum Gasteiger partial charge on any atom is -0.497 e. The summed E-state index contributed by atoms with van der Waals surface area (Å²) in [4.78, 5) is 23.2.